The maximum atomic E-state index is 13.1. The van der Waals surface area contributed by atoms with Gasteiger partial charge in [0.05, 0.1) is 22.8 Å². The summed E-state index contributed by atoms with van der Waals surface area (Å²) in [6.45, 7) is -2.53. The van der Waals surface area contributed by atoms with Crippen molar-refractivity contribution in [3.8, 4) is 17.1 Å². The number of hydrogen-bond acceptors (Lipinski definition) is 7. The van der Waals surface area contributed by atoms with Gasteiger partial charge in [-0.05, 0) is 36.4 Å². The molecule has 2 atom stereocenters. The van der Waals surface area contributed by atoms with Crippen molar-refractivity contribution >= 4 is 29.1 Å². The molecule has 230 valence electrons. The fourth-order valence-corrected chi connectivity index (χ4v) is 4.14. The van der Waals surface area contributed by atoms with E-state index in [-0.39, 0.29) is 33.5 Å². The fourth-order valence-electron chi connectivity index (χ4n) is 3.75. The summed E-state index contributed by atoms with van der Waals surface area (Å²) in [6, 6.07) is 7.42. The van der Waals surface area contributed by atoms with E-state index in [2.05, 4.69) is 20.5 Å². The van der Waals surface area contributed by atoms with Crippen molar-refractivity contribution < 1.29 is 36.2 Å². The Bertz CT molecular complexity index is 1670. The number of alkyl halides is 6. The molecule has 1 amide bonds. The minimum absolute atomic E-state index is 0.0307. The largest absolute Gasteiger partial charge is 0.416 e. The number of benzene rings is 2. The first-order valence-corrected chi connectivity index (χ1v) is 12.8. The van der Waals surface area contributed by atoms with Crippen molar-refractivity contribution in [2.45, 2.75) is 37.6 Å². The Morgan fingerprint density at radius 2 is 1.70 bits per heavy atom. The Balaban J connectivity index is 1.65. The van der Waals surface area contributed by atoms with E-state index in [1.165, 1.54) is 42.5 Å². The van der Waals surface area contributed by atoms with E-state index in [1.807, 2.05) is 0 Å². The zero-order chi connectivity index (χ0) is 31.7. The smallest absolute Gasteiger partial charge is 0.382 e. The number of aliphatic hydroxyl groups excluding tert-OH is 1. The summed E-state index contributed by atoms with van der Waals surface area (Å²) in [5, 5.41) is 20.3. The van der Waals surface area contributed by atoms with Crippen molar-refractivity contribution in [1.82, 2.24) is 34.4 Å². The van der Waals surface area contributed by atoms with Crippen LogP contribution in [-0.2, 0) is 13.1 Å². The predicted molar refractivity (Wildman–Crippen MR) is 141 cm³/mol. The van der Waals surface area contributed by atoms with Gasteiger partial charge in [-0.25, -0.2) is 19.1 Å². The Hall–Kier alpha value is -3.93. The molecule has 0 spiro atoms. The minimum Gasteiger partial charge on any atom is -0.382 e. The van der Waals surface area contributed by atoms with Gasteiger partial charge in [0.2, 0.25) is 0 Å². The van der Waals surface area contributed by atoms with Crippen LogP contribution in [0.5, 0.6) is 0 Å². The van der Waals surface area contributed by atoms with Gasteiger partial charge in [-0.1, -0.05) is 29.3 Å². The number of para-hydroxylation sites is 1. The van der Waals surface area contributed by atoms with E-state index in [1.54, 1.807) is 0 Å². The number of hydrogen-bond donors (Lipinski definition) is 3. The molecular weight excluding hydrogens is 633 g/mol. The van der Waals surface area contributed by atoms with Crippen molar-refractivity contribution in [2.75, 3.05) is 6.54 Å². The number of amides is 1. The topological polar surface area (TPSA) is 146 Å². The zero-order valence-corrected chi connectivity index (χ0v) is 23.0. The van der Waals surface area contributed by atoms with Crippen LogP contribution < -0.4 is 16.7 Å². The SMILES string of the molecule is NC(CNC(=O)c1cccc(Cl)c1-n1cnc(Cn2nc(-c3ccc(Cl)cc3)n(C[C@H](O)C(F)(F)F)c2=O)n1)C(F)(F)F. The summed E-state index contributed by atoms with van der Waals surface area (Å²) in [4.78, 5) is 29.8. The van der Waals surface area contributed by atoms with E-state index in [0.29, 0.717) is 9.59 Å². The number of nitrogens with two attached hydrogens (primary N) is 1. The molecule has 0 aliphatic rings. The molecule has 0 bridgehead atoms. The molecule has 4 N–H and O–H groups in total. The maximum Gasteiger partial charge on any atom is 0.416 e. The van der Waals surface area contributed by atoms with Crippen LogP contribution in [0.4, 0.5) is 26.3 Å². The lowest BCUT2D eigenvalue weighted by Crippen LogP contribution is -2.46. The number of aliphatic hydroxyl groups is 1. The molecule has 0 fully saturated rings. The molecular formula is C24H20Cl2F6N8O3. The van der Waals surface area contributed by atoms with Gasteiger partial charge < -0.3 is 16.2 Å². The fraction of sp³-hybridized carbons (Fsp3) is 0.292. The molecule has 0 radical (unpaired) electrons. The molecule has 2 aromatic carbocycles. The average molecular weight is 653 g/mol. The number of carbonyl (C=O) groups excluding carboxylic acids is 1. The summed E-state index contributed by atoms with van der Waals surface area (Å²) in [6.07, 6.45) is -11.5. The van der Waals surface area contributed by atoms with Crippen LogP contribution in [0.2, 0.25) is 10.0 Å². The van der Waals surface area contributed by atoms with Gasteiger partial charge in [-0.3, -0.25) is 9.36 Å². The molecule has 4 rings (SSSR count). The monoisotopic (exact) mass is 652 g/mol. The molecule has 0 saturated carbocycles. The highest BCUT2D eigenvalue weighted by Gasteiger charge is 2.39. The van der Waals surface area contributed by atoms with E-state index in [0.717, 1.165) is 15.7 Å². The maximum absolute atomic E-state index is 13.1. The Morgan fingerprint density at radius 1 is 1.02 bits per heavy atom. The van der Waals surface area contributed by atoms with Crippen molar-refractivity contribution in [2.24, 2.45) is 5.73 Å². The second-order valence-electron chi connectivity index (χ2n) is 9.04. The lowest BCUT2D eigenvalue weighted by Gasteiger charge is -2.17. The highest BCUT2D eigenvalue weighted by molar-refractivity contribution is 6.33. The van der Waals surface area contributed by atoms with Crippen LogP contribution in [0.25, 0.3) is 17.1 Å². The van der Waals surface area contributed by atoms with Crippen LogP contribution >= 0.6 is 23.2 Å². The summed E-state index contributed by atoms with van der Waals surface area (Å²) in [7, 11) is 0. The molecule has 2 heterocycles. The first-order valence-electron chi connectivity index (χ1n) is 12.0. The van der Waals surface area contributed by atoms with Gasteiger partial charge in [-0.2, -0.15) is 26.3 Å². The van der Waals surface area contributed by atoms with Gasteiger partial charge in [0.25, 0.3) is 5.91 Å². The molecule has 43 heavy (non-hydrogen) atoms. The third-order valence-electron chi connectivity index (χ3n) is 5.95. The number of halogens is 8. The Morgan fingerprint density at radius 3 is 2.33 bits per heavy atom. The highest BCUT2D eigenvalue weighted by atomic mass is 35.5. The number of aromatic nitrogens is 6. The third kappa shape index (κ3) is 7.35. The van der Waals surface area contributed by atoms with Crippen LogP contribution in [0.1, 0.15) is 16.2 Å². The standard InChI is InChI=1S/C24H20Cl2F6N8O3/c25-13-6-4-12(5-7-13)20-37-39(22(43)38(20)9-17(41)24(30,31)32)10-18-35-11-40(36-18)19-14(2-1-3-15(19)26)21(42)34-8-16(33)23(27,28)29/h1-7,11,16-17,41H,8-10,33H2,(H,34,42)/t16?,17-/m0/s1. The summed E-state index contributed by atoms with van der Waals surface area (Å²) in [5.41, 5.74) is 4.01. The molecule has 19 heteroatoms. The second kappa shape index (κ2) is 12.4. The van der Waals surface area contributed by atoms with Gasteiger partial charge in [0.1, 0.15) is 18.9 Å². The minimum atomic E-state index is -5.02. The van der Waals surface area contributed by atoms with E-state index in [4.69, 9.17) is 28.9 Å². The van der Waals surface area contributed by atoms with Crippen LogP contribution in [0, 0.1) is 0 Å². The molecule has 0 saturated heterocycles. The Labute approximate surface area is 247 Å². The first kappa shape index (κ1) is 32.0. The first-order chi connectivity index (χ1) is 20.1. The van der Waals surface area contributed by atoms with Gasteiger partial charge in [0.15, 0.2) is 17.8 Å². The molecule has 0 aliphatic carbocycles. The number of nitrogens with zero attached hydrogens (tertiary/aromatic N) is 6. The van der Waals surface area contributed by atoms with Crippen LogP contribution in [0.3, 0.4) is 0 Å². The predicted octanol–water partition coefficient (Wildman–Crippen LogP) is 3.19. The molecule has 0 aliphatic heterocycles. The average Bonchev–Trinajstić information content (AvgIpc) is 3.51. The lowest BCUT2D eigenvalue weighted by molar-refractivity contribution is -0.207. The van der Waals surface area contributed by atoms with Crippen LogP contribution in [-0.4, -0.2) is 71.2 Å². The third-order valence-corrected chi connectivity index (χ3v) is 6.51. The lowest BCUT2D eigenvalue weighted by atomic mass is 10.1. The zero-order valence-electron chi connectivity index (χ0n) is 21.4. The summed E-state index contributed by atoms with van der Waals surface area (Å²) >= 11 is 12.1. The van der Waals surface area contributed by atoms with E-state index >= 15 is 0 Å². The number of rotatable bonds is 9. The van der Waals surface area contributed by atoms with Gasteiger partial charge >= 0.3 is 18.0 Å². The van der Waals surface area contributed by atoms with Crippen molar-refractivity contribution in [1.29, 1.82) is 0 Å². The quantitative estimate of drug-likeness (QED) is 0.235. The van der Waals surface area contributed by atoms with Crippen molar-refractivity contribution in [3.05, 3.63) is 80.7 Å². The molecule has 4 aromatic rings. The van der Waals surface area contributed by atoms with E-state index in [9.17, 15) is 41.0 Å². The molecule has 11 nitrogen and oxygen atoms in total. The number of carbonyl (C=O) groups is 1. The van der Waals surface area contributed by atoms with E-state index < -0.39 is 55.7 Å². The Kier molecular flexibility index (Phi) is 9.19. The highest BCUT2D eigenvalue weighted by Crippen LogP contribution is 2.26. The summed E-state index contributed by atoms with van der Waals surface area (Å²) in [5.74, 6) is -1.25. The molecule has 2 aromatic heterocycles. The van der Waals surface area contributed by atoms with Crippen molar-refractivity contribution in [3.63, 3.8) is 0 Å². The molecule has 1 unspecified atom stereocenters. The normalized spacial score (nSPS) is 13.6. The number of nitrogens with one attached hydrogen (secondary N) is 1. The van der Waals surface area contributed by atoms with Gasteiger partial charge in [-0.15, -0.1) is 10.2 Å². The van der Waals surface area contributed by atoms with Crippen LogP contribution in [0.15, 0.2) is 53.6 Å². The second-order valence-corrected chi connectivity index (χ2v) is 9.88. The summed E-state index contributed by atoms with van der Waals surface area (Å²) < 4.78 is 80.0. The van der Waals surface area contributed by atoms with Gasteiger partial charge in [0, 0.05) is 17.1 Å².